The van der Waals surface area contributed by atoms with Gasteiger partial charge in [-0.2, -0.15) is 5.53 Å². The summed E-state index contributed by atoms with van der Waals surface area (Å²) in [4.78, 5) is 13.4. The highest BCUT2D eigenvalue weighted by atomic mass is 16.6. The van der Waals surface area contributed by atoms with Gasteiger partial charge in [-0.05, 0) is 20.8 Å². The fourth-order valence-electron chi connectivity index (χ4n) is 2.48. The minimum Gasteiger partial charge on any atom is -0.444 e. The molecule has 0 radical (unpaired) electrons. The van der Waals surface area contributed by atoms with E-state index < -0.39 is 11.7 Å². The molecule has 0 aromatic heterocycles. The third-order valence-electron chi connectivity index (χ3n) is 3.46. The molecule has 2 rings (SSSR count). The fourth-order valence-corrected chi connectivity index (χ4v) is 2.48. The summed E-state index contributed by atoms with van der Waals surface area (Å²) in [5.74, 6) is 0.101. The smallest absolute Gasteiger partial charge is 0.410 e. The van der Waals surface area contributed by atoms with E-state index in [0.29, 0.717) is 13.1 Å². The summed E-state index contributed by atoms with van der Waals surface area (Å²) in [5, 5.41) is 14.0. The van der Waals surface area contributed by atoms with Gasteiger partial charge in [0, 0.05) is 33.1 Å². The van der Waals surface area contributed by atoms with Gasteiger partial charge in [0.1, 0.15) is 11.8 Å². The Balaban J connectivity index is 1.78. The second kappa shape index (κ2) is 4.90. The highest BCUT2D eigenvalue weighted by Gasteiger charge is 2.46. The molecule has 2 aliphatic heterocycles. The molecule has 7 nitrogen and oxygen atoms in total. The maximum atomic E-state index is 11.8. The number of nitrogens with zero attached hydrogens (tertiary/aromatic N) is 3. The number of amides is 1. The van der Waals surface area contributed by atoms with Gasteiger partial charge < -0.3 is 14.7 Å². The Morgan fingerprint density at radius 3 is 2.26 bits per heavy atom. The monoisotopic (exact) mass is 272 g/mol. The Morgan fingerprint density at radius 1 is 1.32 bits per heavy atom. The summed E-state index contributed by atoms with van der Waals surface area (Å²) in [6.45, 7) is 6.64. The van der Waals surface area contributed by atoms with Gasteiger partial charge in [-0.3, -0.25) is 0 Å². The number of likely N-dealkylation sites (N-methyl/N-ethyl adjacent to an activating group) is 2. The van der Waals surface area contributed by atoms with Crippen LogP contribution in [0.2, 0.25) is 0 Å². The normalized spacial score (nSPS) is 24.8. The van der Waals surface area contributed by atoms with E-state index in [0.717, 1.165) is 0 Å². The lowest BCUT2D eigenvalue weighted by atomic mass is 9.91. The third kappa shape index (κ3) is 3.00. The zero-order valence-corrected chi connectivity index (χ0v) is 12.3. The third-order valence-corrected chi connectivity index (χ3v) is 3.46. The first-order valence-corrected chi connectivity index (χ1v) is 6.57. The van der Waals surface area contributed by atoms with Gasteiger partial charge in [0.2, 0.25) is 0 Å². The molecular formula is C12H24N4O3. The highest BCUT2D eigenvalue weighted by Crippen LogP contribution is 2.27. The van der Waals surface area contributed by atoms with E-state index in [1.54, 1.807) is 4.90 Å². The van der Waals surface area contributed by atoms with Crippen molar-refractivity contribution in [3.63, 3.8) is 0 Å². The first-order chi connectivity index (χ1) is 8.69. The van der Waals surface area contributed by atoms with Gasteiger partial charge in [0.15, 0.2) is 0 Å². The average molecular weight is 272 g/mol. The molecule has 2 saturated heterocycles. The predicted molar refractivity (Wildman–Crippen MR) is 69.8 cm³/mol. The molecule has 0 saturated carbocycles. The summed E-state index contributed by atoms with van der Waals surface area (Å²) in [6.07, 6.45) is -0.815. The van der Waals surface area contributed by atoms with Crippen LogP contribution < -0.4 is 5.53 Å². The summed E-state index contributed by atoms with van der Waals surface area (Å²) in [7, 11) is 3.77. The highest BCUT2D eigenvalue weighted by molar-refractivity contribution is 5.69. The summed E-state index contributed by atoms with van der Waals surface area (Å²) >= 11 is 0. The number of hydrogen-bond acceptors (Lipinski definition) is 6. The van der Waals surface area contributed by atoms with Gasteiger partial charge in [0.25, 0.3) is 0 Å². The topological polar surface area (TPSA) is 68.3 Å². The quantitative estimate of drug-likeness (QED) is 0.728. The van der Waals surface area contributed by atoms with Crippen LogP contribution in [0.4, 0.5) is 4.79 Å². The molecule has 0 spiro atoms. The van der Waals surface area contributed by atoms with Crippen LogP contribution in [0.5, 0.6) is 0 Å². The SMILES string of the molecule is CN1NN(C)C1C(O)C1CN(C(=O)OC(C)(C)C)C1. The molecule has 1 unspecified atom stereocenters. The number of ether oxygens (including phenoxy) is 1. The van der Waals surface area contributed by atoms with Gasteiger partial charge in [-0.15, -0.1) is 0 Å². The van der Waals surface area contributed by atoms with Crippen molar-refractivity contribution in [3.8, 4) is 0 Å². The van der Waals surface area contributed by atoms with Crippen LogP contribution in [0, 0.1) is 5.92 Å². The Morgan fingerprint density at radius 2 is 1.84 bits per heavy atom. The zero-order chi connectivity index (χ0) is 14.4. The molecule has 1 atom stereocenters. The van der Waals surface area contributed by atoms with E-state index in [1.165, 1.54) is 0 Å². The molecule has 2 heterocycles. The van der Waals surface area contributed by atoms with E-state index >= 15 is 0 Å². The molecule has 1 amide bonds. The van der Waals surface area contributed by atoms with Crippen molar-refractivity contribution in [1.29, 1.82) is 0 Å². The minimum atomic E-state index is -0.477. The predicted octanol–water partition coefficient (Wildman–Crippen LogP) is -0.163. The number of carbonyl (C=O) groups is 1. The van der Waals surface area contributed by atoms with Crippen LogP contribution in [0.3, 0.4) is 0 Å². The number of aliphatic hydroxyl groups is 1. The Hall–Kier alpha value is -0.890. The van der Waals surface area contributed by atoms with Gasteiger partial charge >= 0.3 is 6.09 Å². The van der Waals surface area contributed by atoms with Crippen LogP contribution in [-0.4, -0.2) is 71.2 Å². The maximum Gasteiger partial charge on any atom is 0.410 e. The number of nitrogens with one attached hydrogen (secondary N) is 1. The van der Waals surface area contributed by atoms with Gasteiger partial charge in [0.05, 0.1) is 6.10 Å². The van der Waals surface area contributed by atoms with Crippen LogP contribution in [-0.2, 0) is 4.74 Å². The summed E-state index contributed by atoms with van der Waals surface area (Å²) < 4.78 is 5.28. The molecule has 110 valence electrons. The maximum absolute atomic E-state index is 11.8. The molecule has 0 aromatic rings. The minimum absolute atomic E-state index is 0.0363. The molecule has 7 heteroatoms. The van der Waals surface area contributed by atoms with Crippen molar-refractivity contribution in [2.75, 3.05) is 27.2 Å². The lowest BCUT2D eigenvalue weighted by Crippen LogP contribution is -2.76. The zero-order valence-electron chi connectivity index (χ0n) is 12.3. The van der Waals surface area contributed by atoms with E-state index in [-0.39, 0.29) is 18.2 Å². The molecule has 2 fully saturated rings. The second-order valence-electron chi connectivity index (χ2n) is 6.37. The number of aliphatic hydroxyl groups excluding tert-OH is 1. The standard InChI is InChI=1S/C12H24N4O3/c1-12(2,3)19-11(18)16-6-8(7-16)9(17)10-14(4)13-15(10)5/h8-10,13,17H,6-7H2,1-5H3. The Labute approximate surface area is 114 Å². The number of rotatable bonds is 2. The van der Waals surface area contributed by atoms with Crippen molar-refractivity contribution in [3.05, 3.63) is 0 Å². The molecular weight excluding hydrogens is 248 g/mol. The Bertz CT molecular complexity index is 343. The molecule has 0 bridgehead atoms. The number of carbonyl (C=O) groups excluding carboxylic acids is 1. The van der Waals surface area contributed by atoms with Gasteiger partial charge in [-0.1, -0.05) is 0 Å². The second-order valence-corrected chi connectivity index (χ2v) is 6.37. The van der Waals surface area contributed by atoms with Crippen molar-refractivity contribution in [1.82, 2.24) is 20.5 Å². The molecule has 19 heavy (non-hydrogen) atoms. The lowest BCUT2D eigenvalue weighted by molar-refractivity contribution is -0.226. The lowest BCUT2D eigenvalue weighted by Gasteiger charge is -2.53. The summed E-state index contributed by atoms with van der Waals surface area (Å²) in [5.41, 5.74) is 2.53. The van der Waals surface area contributed by atoms with Gasteiger partial charge in [-0.25, -0.2) is 14.8 Å². The van der Waals surface area contributed by atoms with Crippen molar-refractivity contribution in [2.45, 2.75) is 38.6 Å². The summed E-state index contributed by atoms with van der Waals surface area (Å²) in [6, 6.07) is 0. The molecule has 2 N–H and O–H groups in total. The first kappa shape index (κ1) is 14.5. The van der Waals surface area contributed by atoms with Crippen LogP contribution in [0.25, 0.3) is 0 Å². The first-order valence-electron chi connectivity index (χ1n) is 6.57. The fraction of sp³-hybridized carbons (Fsp3) is 0.917. The largest absolute Gasteiger partial charge is 0.444 e. The Kier molecular flexibility index (Phi) is 3.74. The number of hydrogen-bond donors (Lipinski definition) is 2. The van der Waals surface area contributed by atoms with E-state index in [9.17, 15) is 9.90 Å². The van der Waals surface area contributed by atoms with Crippen LogP contribution in [0.15, 0.2) is 0 Å². The van der Waals surface area contributed by atoms with Crippen molar-refractivity contribution < 1.29 is 14.6 Å². The van der Waals surface area contributed by atoms with Crippen LogP contribution in [0.1, 0.15) is 20.8 Å². The number of hydrazine groups is 2. The molecule has 2 aliphatic rings. The van der Waals surface area contributed by atoms with Crippen molar-refractivity contribution in [2.24, 2.45) is 5.92 Å². The average Bonchev–Trinajstić information content (AvgIpc) is 2.10. The molecule has 0 aromatic carbocycles. The van der Waals surface area contributed by atoms with E-state index in [4.69, 9.17) is 4.74 Å². The van der Waals surface area contributed by atoms with Crippen molar-refractivity contribution >= 4 is 6.09 Å². The van der Waals surface area contributed by atoms with E-state index in [2.05, 4.69) is 5.53 Å². The van der Waals surface area contributed by atoms with E-state index in [1.807, 2.05) is 44.9 Å². The molecule has 0 aliphatic carbocycles. The number of likely N-dealkylation sites (tertiary alicyclic amines) is 1. The van der Waals surface area contributed by atoms with Crippen LogP contribution >= 0.6 is 0 Å².